The van der Waals surface area contributed by atoms with E-state index in [-0.39, 0.29) is 17.9 Å². The van der Waals surface area contributed by atoms with E-state index in [9.17, 15) is 9.59 Å². The van der Waals surface area contributed by atoms with Crippen LogP contribution in [0.4, 0.5) is 0 Å². The number of nitrogens with one attached hydrogen (secondary N) is 2. The Morgan fingerprint density at radius 1 is 1.29 bits per heavy atom. The molecule has 2 aromatic rings. The van der Waals surface area contributed by atoms with Crippen LogP contribution in [-0.2, 0) is 11.2 Å². The van der Waals surface area contributed by atoms with Crippen LogP contribution in [0.5, 0.6) is 0 Å². The highest BCUT2D eigenvalue weighted by atomic mass is 16.2. The van der Waals surface area contributed by atoms with E-state index in [0.29, 0.717) is 22.9 Å². The smallest absolute Gasteiger partial charge is 0.255 e. The SMILES string of the molecule is Cc1nn(-c2nc(C)c(C)c(=O)[nH]2)c(C)c1CC(=O)NN. The van der Waals surface area contributed by atoms with Crippen molar-refractivity contribution >= 4 is 5.91 Å². The van der Waals surface area contributed by atoms with E-state index in [4.69, 9.17) is 5.84 Å². The van der Waals surface area contributed by atoms with Crippen LogP contribution >= 0.6 is 0 Å². The Balaban J connectivity index is 2.54. The van der Waals surface area contributed by atoms with Crippen molar-refractivity contribution in [2.24, 2.45) is 5.84 Å². The van der Waals surface area contributed by atoms with Crippen LogP contribution in [0.15, 0.2) is 4.79 Å². The van der Waals surface area contributed by atoms with Crippen molar-refractivity contribution in [1.82, 2.24) is 25.2 Å². The molecule has 8 nitrogen and oxygen atoms in total. The summed E-state index contributed by atoms with van der Waals surface area (Å²) in [5.74, 6) is 5.14. The lowest BCUT2D eigenvalue weighted by Gasteiger charge is -2.06. The predicted octanol–water partition coefficient (Wildman–Crippen LogP) is -0.278. The number of nitrogens with zero attached hydrogens (tertiary/aromatic N) is 3. The second kappa shape index (κ2) is 5.49. The summed E-state index contributed by atoms with van der Waals surface area (Å²) in [6.45, 7) is 7.09. The number of aromatic amines is 1. The molecule has 0 unspecified atom stereocenters. The molecule has 0 fully saturated rings. The quantitative estimate of drug-likeness (QED) is 0.408. The van der Waals surface area contributed by atoms with Gasteiger partial charge in [0.15, 0.2) is 0 Å². The summed E-state index contributed by atoms with van der Waals surface area (Å²) < 4.78 is 1.53. The molecule has 0 saturated heterocycles. The van der Waals surface area contributed by atoms with Gasteiger partial charge in [0.1, 0.15) is 0 Å². The number of rotatable bonds is 3. The molecule has 0 aliphatic rings. The van der Waals surface area contributed by atoms with Crippen molar-refractivity contribution in [2.75, 3.05) is 0 Å². The maximum atomic E-state index is 11.8. The first-order valence-corrected chi connectivity index (χ1v) is 6.47. The molecule has 0 spiro atoms. The van der Waals surface area contributed by atoms with Gasteiger partial charge in [-0.05, 0) is 27.7 Å². The van der Waals surface area contributed by atoms with Crippen molar-refractivity contribution in [2.45, 2.75) is 34.1 Å². The lowest BCUT2D eigenvalue weighted by atomic mass is 10.1. The van der Waals surface area contributed by atoms with Gasteiger partial charge in [0, 0.05) is 22.5 Å². The average Bonchev–Trinajstić information content (AvgIpc) is 2.72. The predicted molar refractivity (Wildman–Crippen MR) is 77.0 cm³/mol. The van der Waals surface area contributed by atoms with E-state index >= 15 is 0 Å². The molecule has 0 atom stereocenters. The summed E-state index contributed by atoms with van der Waals surface area (Å²) in [7, 11) is 0. The van der Waals surface area contributed by atoms with Crippen LogP contribution < -0.4 is 16.8 Å². The maximum Gasteiger partial charge on any atom is 0.255 e. The Morgan fingerprint density at radius 3 is 2.52 bits per heavy atom. The van der Waals surface area contributed by atoms with Gasteiger partial charge in [-0.15, -0.1) is 0 Å². The van der Waals surface area contributed by atoms with Crippen LogP contribution in [-0.4, -0.2) is 25.7 Å². The van der Waals surface area contributed by atoms with E-state index < -0.39 is 0 Å². The van der Waals surface area contributed by atoms with E-state index in [2.05, 4.69) is 20.5 Å². The summed E-state index contributed by atoms with van der Waals surface area (Å²) in [5, 5.41) is 4.34. The minimum Gasteiger partial charge on any atom is -0.294 e. The van der Waals surface area contributed by atoms with Gasteiger partial charge in [0.2, 0.25) is 11.9 Å². The first kappa shape index (κ1) is 14.9. The number of hydrogen-bond donors (Lipinski definition) is 3. The molecule has 8 heteroatoms. The lowest BCUT2D eigenvalue weighted by Crippen LogP contribution is -2.31. The standard InChI is InChI=1S/C13H18N6O2/c1-6-7(2)15-13(16-12(6)21)19-9(4)10(8(3)18-19)5-11(20)17-14/h5,14H2,1-4H3,(H,17,20)(H,15,16,21). The number of hydrazine groups is 1. The number of carbonyl (C=O) groups excluding carboxylic acids is 1. The molecular weight excluding hydrogens is 272 g/mol. The number of carbonyl (C=O) groups is 1. The number of hydrogen-bond acceptors (Lipinski definition) is 5. The Morgan fingerprint density at radius 2 is 1.95 bits per heavy atom. The van der Waals surface area contributed by atoms with Crippen LogP contribution in [0.3, 0.4) is 0 Å². The van der Waals surface area contributed by atoms with Crippen LogP contribution in [0, 0.1) is 27.7 Å². The van der Waals surface area contributed by atoms with Crippen molar-refractivity contribution in [1.29, 1.82) is 0 Å². The minimum atomic E-state index is -0.303. The molecule has 2 heterocycles. The van der Waals surface area contributed by atoms with Gasteiger partial charge in [-0.3, -0.25) is 20.0 Å². The zero-order valence-electron chi connectivity index (χ0n) is 12.4. The number of aryl methyl sites for hydroxylation is 2. The topological polar surface area (TPSA) is 119 Å². The summed E-state index contributed by atoms with van der Waals surface area (Å²) >= 11 is 0. The minimum absolute atomic E-state index is 0.128. The molecule has 1 amide bonds. The highest BCUT2D eigenvalue weighted by Gasteiger charge is 2.17. The molecule has 0 aromatic carbocycles. The normalized spacial score (nSPS) is 10.7. The molecule has 0 saturated carbocycles. The number of aromatic nitrogens is 4. The van der Waals surface area contributed by atoms with E-state index in [0.717, 1.165) is 11.3 Å². The molecule has 0 aliphatic heterocycles. The fraction of sp³-hybridized carbons (Fsp3) is 0.385. The van der Waals surface area contributed by atoms with Gasteiger partial charge in [0.05, 0.1) is 12.1 Å². The molecule has 21 heavy (non-hydrogen) atoms. The van der Waals surface area contributed by atoms with Gasteiger partial charge in [-0.1, -0.05) is 0 Å². The average molecular weight is 290 g/mol. The van der Waals surface area contributed by atoms with Crippen molar-refractivity contribution in [3.05, 3.63) is 38.6 Å². The van der Waals surface area contributed by atoms with Crippen molar-refractivity contribution < 1.29 is 4.79 Å². The van der Waals surface area contributed by atoms with Crippen molar-refractivity contribution in [3.63, 3.8) is 0 Å². The summed E-state index contributed by atoms with van der Waals surface area (Å²) in [6.07, 6.45) is 0.128. The molecular formula is C13H18N6O2. The number of amides is 1. The Bertz CT molecular complexity index is 759. The number of H-pyrrole nitrogens is 1. The highest BCUT2D eigenvalue weighted by molar-refractivity contribution is 5.78. The second-order valence-electron chi connectivity index (χ2n) is 4.91. The second-order valence-corrected chi connectivity index (χ2v) is 4.91. The lowest BCUT2D eigenvalue weighted by molar-refractivity contribution is -0.120. The van der Waals surface area contributed by atoms with E-state index in [1.807, 2.05) is 6.92 Å². The molecule has 2 rings (SSSR count). The van der Waals surface area contributed by atoms with E-state index in [1.165, 1.54) is 4.68 Å². The monoisotopic (exact) mass is 290 g/mol. The number of nitrogens with two attached hydrogens (primary N) is 1. The zero-order chi connectivity index (χ0) is 15.7. The molecule has 0 radical (unpaired) electrons. The summed E-state index contributed by atoms with van der Waals surface area (Å²) in [6, 6.07) is 0. The van der Waals surface area contributed by atoms with Crippen LogP contribution in [0.2, 0.25) is 0 Å². The third kappa shape index (κ3) is 2.70. The van der Waals surface area contributed by atoms with Gasteiger partial charge in [0.25, 0.3) is 5.56 Å². The fourth-order valence-electron chi connectivity index (χ4n) is 2.08. The Labute approximate surface area is 121 Å². The van der Waals surface area contributed by atoms with Gasteiger partial charge >= 0.3 is 0 Å². The van der Waals surface area contributed by atoms with Crippen LogP contribution in [0.1, 0.15) is 28.2 Å². The maximum absolute atomic E-state index is 11.8. The first-order chi connectivity index (χ1) is 9.85. The fourth-order valence-corrected chi connectivity index (χ4v) is 2.08. The first-order valence-electron chi connectivity index (χ1n) is 6.47. The van der Waals surface area contributed by atoms with Crippen molar-refractivity contribution in [3.8, 4) is 5.95 Å². The molecule has 2 aromatic heterocycles. The Hall–Kier alpha value is -2.48. The Kier molecular flexibility index (Phi) is 3.90. The van der Waals surface area contributed by atoms with Gasteiger partial charge in [-0.2, -0.15) is 5.10 Å². The summed E-state index contributed by atoms with van der Waals surface area (Å²) in [4.78, 5) is 30.3. The molecule has 0 bridgehead atoms. The highest BCUT2D eigenvalue weighted by Crippen LogP contribution is 2.16. The molecule has 0 aliphatic carbocycles. The third-order valence-corrected chi connectivity index (χ3v) is 3.52. The molecule has 112 valence electrons. The third-order valence-electron chi connectivity index (χ3n) is 3.52. The summed E-state index contributed by atoms with van der Waals surface area (Å²) in [5.41, 5.74) is 5.30. The zero-order valence-corrected chi connectivity index (χ0v) is 12.4. The molecule has 4 N–H and O–H groups in total. The largest absolute Gasteiger partial charge is 0.294 e. The van der Waals surface area contributed by atoms with Crippen LogP contribution in [0.25, 0.3) is 5.95 Å². The van der Waals surface area contributed by atoms with Gasteiger partial charge < -0.3 is 0 Å². The van der Waals surface area contributed by atoms with Gasteiger partial charge in [-0.25, -0.2) is 15.5 Å². The van der Waals surface area contributed by atoms with E-state index in [1.54, 1.807) is 20.8 Å².